The zero-order chi connectivity index (χ0) is 13.4. The summed E-state index contributed by atoms with van der Waals surface area (Å²) in [5, 5.41) is 5.30. The van der Waals surface area contributed by atoms with Crippen molar-refractivity contribution in [2.45, 2.75) is 13.3 Å². The molecule has 2 heterocycles. The minimum atomic E-state index is 0.395. The third-order valence-electron chi connectivity index (χ3n) is 2.98. The van der Waals surface area contributed by atoms with E-state index in [2.05, 4.69) is 10.1 Å². The summed E-state index contributed by atoms with van der Waals surface area (Å²) in [6, 6.07) is 11.6. The van der Waals surface area contributed by atoms with E-state index >= 15 is 0 Å². The minimum absolute atomic E-state index is 0.395. The highest BCUT2D eigenvalue weighted by Crippen LogP contribution is 2.33. The van der Waals surface area contributed by atoms with Gasteiger partial charge in [0.05, 0.1) is 11.3 Å². The van der Waals surface area contributed by atoms with Gasteiger partial charge < -0.3 is 0 Å². The molecule has 0 fully saturated rings. The van der Waals surface area contributed by atoms with Crippen molar-refractivity contribution < 1.29 is 0 Å². The van der Waals surface area contributed by atoms with E-state index in [1.54, 1.807) is 4.52 Å². The molecule has 0 radical (unpaired) electrons. The minimum Gasteiger partial charge on any atom is -0.216 e. The van der Waals surface area contributed by atoms with Gasteiger partial charge in [-0.2, -0.15) is 5.10 Å². The van der Waals surface area contributed by atoms with E-state index < -0.39 is 0 Å². The van der Waals surface area contributed by atoms with Gasteiger partial charge >= 0.3 is 0 Å². The maximum Gasteiger partial charge on any atom is 0.158 e. The molecule has 3 nitrogen and oxygen atoms in total. The highest BCUT2D eigenvalue weighted by atomic mass is 35.5. The fraction of sp³-hybridized carbons (Fsp3) is 0.143. The quantitative estimate of drug-likeness (QED) is 0.660. The van der Waals surface area contributed by atoms with Gasteiger partial charge in [0.15, 0.2) is 5.65 Å². The number of rotatable bonds is 2. The lowest BCUT2D eigenvalue weighted by atomic mass is 10.1. The maximum atomic E-state index is 6.43. The summed E-state index contributed by atoms with van der Waals surface area (Å²) >= 11 is 12.7. The normalized spacial score (nSPS) is 11.1. The number of aromatic nitrogens is 3. The summed E-state index contributed by atoms with van der Waals surface area (Å²) in [5.74, 6) is 0. The average molecular weight is 292 g/mol. The summed E-state index contributed by atoms with van der Waals surface area (Å²) in [6.07, 6.45) is 0.831. The van der Waals surface area contributed by atoms with Crippen LogP contribution in [0.15, 0.2) is 36.4 Å². The van der Waals surface area contributed by atoms with Crippen LogP contribution in [0.3, 0.4) is 0 Å². The summed E-state index contributed by atoms with van der Waals surface area (Å²) < 4.78 is 1.63. The van der Waals surface area contributed by atoms with Crippen LogP contribution in [0.4, 0.5) is 0 Å². The molecule has 2 aromatic heterocycles. The van der Waals surface area contributed by atoms with Crippen LogP contribution in [-0.2, 0) is 6.42 Å². The van der Waals surface area contributed by atoms with E-state index in [0.717, 1.165) is 17.7 Å². The molecule has 0 unspecified atom stereocenters. The van der Waals surface area contributed by atoms with Gasteiger partial charge in [0, 0.05) is 6.07 Å². The SMILES string of the molecule is CCc1cc2nc(Cl)c(-c3ccccc3)c(Cl)n2n1. The fourth-order valence-corrected chi connectivity index (χ4v) is 2.66. The molecule has 0 aliphatic carbocycles. The Kier molecular flexibility index (Phi) is 3.17. The van der Waals surface area contributed by atoms with Crippen molar-refractivity contribution in [3.05, 3.63) is 52.4 Å². The molecule has 19 heavy (non-hydrogen) atoms. The Labute approximate surface area is 120 Å². The van der Waals surface area contributed by atoms with E-state index in [1.165, 1.54) is 0 Å². The second kappa shape index (κ2) is 4.83. The van der Waals surface area contributed by atoms with E-state index in [9.17, 15) is 0 Å². The van der Waals surface area contributed by atoms with Gasteiger partial charge in [-0.15, -0.1) is 0 Å². The van der Waals surface area contributed by atoms with Crippen LogP contribution < -0.4 is 0 Å². The Morgan fingerprint density at radius 2 is 1.89 bits per heavy atom. The van der Waals surface area contributed by atoms with Crippen molar-refractivity contribution in [2.24, 2.45) is 0 Å². The lowest BCUT2D eigenvalue weighted by Crippen LogP contribution is -1.97. The van der Waals surface area contributed by atoms with Gasteiger partial charge in [-0.25, -0.2) is 9.50 Å². The number of hydrogen-bond donors (Lipinski definition) is 0. The Morgan fingerprint density at radius 3 is 2.58 bits per heavy atom. The number of benzene rings is 1. The Hall–Kier alpha value is -1.58. The van der Waals surface area contributed by atoms with Crippen LogP contribution in [0.25, 0.3) is 16.8 Å². The predicted octanol–water partition coefficient (Wildman–Crippen LogP) is 4.27. The van der Waals surface area contributed by atoms with Crippen LogP contribution >= 0.6 is 23.2 Å². The van der Waals surface area contributed by atoms with E-state index in [0.29, 0.717) is 21.5 Å². The summed E-state index contributed by atoms with van der Waals surface area (Å²) in [4.78, 5) is 4.36. The first-order valence-corrected chi connectivity index (χ1v) is 6.75. The predicted molar refractivity (Wildman–Crippen MR) is 77.8 cm³/mol. The summed E-state index contributed by atoms with van der Waals surface area (Å²) in [6.45, 7) is 2.04. The highest BCUT2D eigenvalue weighted by molar-refractivity contribution is 6.38. The molecule has 0 aliphatic heterocycles. The van der Waals surface area contributed by atoms with Crippen molar-refractivity contribution in [1.29, 1.82) is 0 Å². The van der Waals surface area contributed by atoms with Crippen LogP contribution in [0, 0.1) is 0 Å². The first-order valence-electron chi connectivity index (χ1n) is 5.99. The third-order valence-corrected chi connectivity index (χ3v) is 3.60. The van der Waals surface area contributed by atoms with E-state index in [-0.39, 0.29) is 0 Å². The highest BCUT2D eigenvalue weighted by Gasteiger charge is 2.15. The van der Waals surface area contributed by atoms with Crippen LogP contribution in [-0.4, -0.2) is 14.6 Å². The van der Waals surface area contributed by atoms with E-state index in [1.807, 2.05) is 43.3 Å². The second-order valence-electron chi connectivity index (χ2n) is 4.19. The number of fused-ring (bicyclic) bond motifs is 1. The van der Waals surface area contributed by atoms with Gasteiger partial charge in [-0.3, -0.25) is 0 Å². The summed E-state index contributed by atoms with van der Waals surface area (Å²) in [7, 11) is 0. The van der Waals surface area contributed by atoms with E-state index in [4.69, 9.17) is 23.2 Å². The molecule has 0 N–H and O–H groups in total. The van der Waals surface area contributed by atoms with Crippen molar-refractivity contribution in [3.8, 4) is 11.1 Å². The zero-order valence-corrected chi connectivity index (χ0v) is 11.8. The van der Waals surface area contributed by atoms with Crippen LogP contribution in [0.5, 0.6) is 0 Å². The van der Waals surface area contributed by atoms with Crippen LogP contribution in [0.1, 0.15) is 12.6 Å². The van der Waals surface area contributed by atoms with Gasteiger partial charge in [0.1, 0.15) is 10.3 Å². The third kappa shape index (κ3) is 2.09. The lowest BCUT2D eigenvalue weighted by molar-refractivity contribution is 0.889. The largest absolute Gasteiger partial charge is 0.216 e. The molecule has 5 heteroatoms. The standard InChI is InChI=1S/C14H11Cl2N3/c1-2-10-8-11-17-13(15)12(14(16)19(11)18-10)9-6-4-3-5-7-9/h3-8H,2H2,1H3. The average Bonchev–Trinajstić information content (AvgIpc) is 2.83. The molecule has 0 saturated heterocycles. The van der Waals surface area contributed by atoms with Gasteiger partial charge in [0.2, 0.25) is 0 Å². The van der Waals surface area contributed by atoms with Crippen molar-refractivity contribution in [2.75, 3.05) is 0 Å². The molecule has 3 rings (SSSR count). The zero-order valence-electron chi connectivity index (χ0n) is 10.3. The molecule has 0 spiro atoms. The first-order chi connectivity index (χ1) is 9.20. The molecular weight excluding hydrogens is 281 g/mol. The molecular formula is C14H11Cl2N3. The molecule has 3 aromatic rings. The van der Waals surface area contributed by atoms with Gasteiger partial charge in [0.25, 0.3) is 0 Å². The molecule has 96 valence electrons. The molecule has 0 atom stereocenters. The lowest BCUT2D eigenvalue weighted by Gasteiger charge is -2.07. The van der Waals surface area contributed by atoms with Crippen molar-refractivity contribution >= 4 is 28.8 Å². The van der Waals surface area contributed by atoms with Crippen molar-refractivity contribution in [1.82, 2.24) is 14.6 Å². The number of aryl methyl sites for hydroxylation is 1. The Morgan fingerprint density at radius 1 is 1.16 bits per heavy atom. The molecule has 1 aromatic carbocycles. The van der Waals surface area contributed by atoms with Gasteiger partial charge in [-0.05, 0) is 12.0 Å². The fourth-order valence-electron chi connectivity index (χ4n) is 2.01. The first kappa shape index (κ1) is 12.5. The Balaban J connectivity index is 2.31. The number of hydrogen-bond acceptors (Lipinski definition) is 2. The smallest absolute Gasteiger partial charge is 0.158 e. The maximum absolute atomic E-state index is 6.43. The monoisotopic (exact) mass is 291 g/mol. The molecule has 0 aliphatic rings. The number of halogens is 2. The molecule has 0 amide bonds. The topological polar surface area (TPSA) is 30.2 Å². The molecule has 0 bridgehead atoms. The van der Waals surface area contributed by atoms with Gasteiger partial charge in [-0.1, -0.05) is 60.5 Å². The molecule has 0 saturated carbocycles. The van der Waals surface area contributed by atoms with Crippen molar-refractivity contribution in [3.63, 3.8) is 0 Å². The van der Waals surface area contributed by atoms with Crippen LogP contribution in [0.2, 0.25) is 10.3 Å². The summed E-state index contributed by atoms with van der Waals surface area (Å²) in [5.41, 5.74) is 3.25. The number of nitrogens with zero attached hydrogens (tertiary/aromatic N) is 3. The Bertz CT molecular complexity index is 735. The second-order valence-corrected chi connectivity index (χ2v) is 4.91.